The molecule has 0 aromatic rings. The summed E-state index contributed by atoms with van der Waals surface area (Å²) in [6, 6.07) is 0. The predicted octanol–water partition coefficient (Wildman–Crippen LogP) is -1.51. The van der Waals surface area contributed by atoms with Crippen molar-refractivity contribution in [3.05, 3.63) is 0 Å². The smallest absolute Gasteiger partial charge is 0.207 e. The summed E-state index contributed by atoms with van der Waals surface area (Å²) in [6.07, 6.45) is -0.646. The highest BCUT2D eigenvalue weighted by Gasteiger charge is 2.40. The third-order valence-electron chi connectivity index (χ3n) is 2.40. The first-order valence-corrected chi connectivity index (χ1v) is 4.32. The fourth-order valence-electron chi connectivity index (χ4n) is 1.61. The van der Waals surface area contributed by atoms with Crippen LogP contribution in [0.2, 0.25) is 0 Å². The molecule has 76 valence electrons. The highest BCUT2D eigenvalue weighted by atomic mass is 16.5. The SMILES string of the molecule is CC1O[C@H](CNC=O)C(CO)C1O. The van der Waals surface area contributed by atoms with E-state index in [1.165, 1.54) is 0 Å². The van der Waals surface area contributed by atoms with E-state index in [0.29, 0.717) is 13.0 Å². The van der Waals surface area contributed by atoms with Crippen molar-refractivity contribution in [1.82, 2.24) is 5.32 Å². The quantitative estimate of drug-likeness (QED) is 0.470. The van der Waals surface area contributed by atoms with E-state index in [1.807, 2.05) is 0 Å². The third-order valence-corrected chi connectivity index (χ3v) is 2.40. The van der Waals surface area contributed by atoms with Crippen LogP contribution in [0.3, 0.4) is 0 Å². The fraction of sp³-hybridized carbons (Fsp3) is 0.875. The number of aliphatic hydroxyl groups excluding tert-OH is 2. The molecule has 3 unspecified atom stereocenters. The van der Waals surface area contributed by atoms with Crippen molar-refractivity contribution in [1.29, 1.82) is 0 Å². The summed E-state index contributed by atoms with van der Waals surface area (Å²) in [4.78, 5) is 10.0. The number of hydrogen-bond acceptors (Lipinski definition) is 4. The Morgan fingerprint density at radius 1 is 1.62 bits per heavy atom. The molecule has 1 saturated heterocycles. The van der Waals surface area contributed by atoms with Crippen molar-refractivity contribution in [3.8, 4) is 0 Å². The summed E-state index contributed by atoms with van der Waals surface area (Å²) in [5.41, 5.74) is 0. The van der Waals surface area contributed by atoms with Gasteiger partial charge in [-0.3, -0.25) is 4.79 Å². The summed E-state index contributed by atoms with van der Waals surface area (Å²) >= 11 is 0. The van der Waals surface area contributed by atoms with Gasteiger partial charge >= 0.3 is 0 Å². The van der Waals surface area contributed by atoms with Crippen LogP contribution in [0.15, 0.2) is 0 Å². The van der Waals surface area contributed by atoms with Crippen LogP contribution >= 0.6 is 0 Å². The summed E-state index contributed by atoms with van der Waals surface area (Å²) in [5, 5.41) is 21.0. The molecule has 1 aliphatic rings. The molecular formula is C8H15NO4. The van der Waals surface area contributed by atoms with Crippen LogP contribution in [0.4, 0.5) is 0 Å². The molecule has 1 heterocycles. The molecule has 1 aliphatic heterocycles. The van der Waals surface area contributed by atoms with Crippen molar-refractivity contribution in [3.63, 3.8) is 0 Å². The van der Waals surface area contributed by atoms with Crippen molar-refractivity contribution in [2.45, 2.75) is 25.2 Å². The average Bonchev–Trinajstić information content (AvgIpc) is 2.39. The molecule has 0 aromatic carbocycles. The highest BCUT2D eigenvalue weighted by Crippen LogP contribution is 2.25. The van der Waals surface area contributed by atoms with Gasteiger partial charge in [0.15, 0.2) is 0 Å². The van der Waals surface area contributed by atoms with E-state index in [-0.39, 0.29) is 24.7 Å². The third kappa shape index (κ3) is 2.18. The van der Waals surface area contributed by atoms with Crippen molar-refractivity contribution in [2.24, 2.45) is 5.92 Å². The summed E-state index contributed by atoms with van der Waals surface area (Å²) in [5.74, 6) is -0.303. The zero-order valence-electron chi connectivity index (χ0n) is 7.51. The number of carbonyl (C=O) groups is 1. The molecule has 5 heteroatoms. The van der Waals surface area contributed by atoms with E-state index < -0.39 is 6.10 Å². The summed E-state index contributed by atoms with van der Waals surface area (Å²) < 4.78 is 5.35. The molecule has 0 bridgehead atoms. The van der Waals surface area contributed by atoms with E-state index in [0.717, 1.165) is 0 Å². The van der Waals surface area contributed by atoms with Crippen LogP contribution < -0.4 is 5.32 Å². The summed E-state index contributed by atoms with van der Waals surface area (Å²) in [6.45, 7) is 1.95. The number of nitrogens with one attached hydrogen (secondary N) is 1. The molecule has 0 radical (unpaired) electrons. The van der Waals surface area contributed by atoms with Gasteiger partial charge in [0.05, 0.1) is 24.9 Å². The second-order valence-electron chi connectivity index (χ2n) is 3.24. The zero-order chi connectivity index (χ0) is 9.84. The van der Waals surface area contributed by atoms with Gasteiger partial charge in [-0.05, 0) is 6.92 Å². The minimum Gasteiger partial charge on any atom is -0.396 e. The normalized spacial score (nSPS) is 39.0. The summed E-state index contributed by atoms with van der Waals surface area (Å²) in [7, 11) is 0. The van der Waals surface area contributed by atoms with Gasteiger partial charge in [0, 0.05) is 12.5 Å². The Labute approximate surface area is 76.7 Å². The molecule has 1 amide bonds. The maximum absolute atomic E-state index is 10.0. The number of amides is 1. The van der Waals surface area contributed by atoms with Crippen molar-refractivity contribution < 1.29 is 19.7 Å². The molecule has 1 fully saturated rings. The minimum atomic E-state index is -0.650. The van der Waals surface area contributed by atoms with Gasteiger partial charge in [-0.25, -0.2) is 0 Å². The topological polar surface area (TPSA) is 78.8 Å². The van der Waals surface area contributed by atoms with Gasteiger partial charge < -0.3 is 20.3 Å². The monoisotopic (exact) mass is 189 g/mol. The number of aliphatic hydroxyl groups is 2. The van der Waals surface area contributed by atoms with Crippen LogP contribution in [-0.4, -0.2) is 48.1 Å². The Morgan fingerprint density at radius 2 is 2.31 bits per heavy atom. The van der Waals surface area contributed by atoms with E-state index in [1.54, 1.807) is 6.92 Å². The lowest BCUT2D eigenvalue weighted by molar-refractivity contribution is -0.110. The van der Waals surface area contributed by atoms with Crippen LogP contribution in [0.1, 0.15) is 6.92 Å². The molecule has 0 aromatic heterocycles. The molecule has 3 N–H and O–H groups in total. The second kappa shape index (κ2) is 4.55. The number of carbonyl (C=O) groups excluding carboxylic acids is 1. The first-order chi connectivity index (χ1) is 6.20. The average molecular weight is 189 g/mol. The maximum atomic E-state index is 10.0. The molecular weight excluding hydrogens is 174 g/mol. The van der Waals surface area contributed by atoms with Gasteiger partial charge in [-0.2, -0.15) is 0 Å². The van der Waals surface area contributed by atoms with Gasteiger partial charge in [-0.15, -0.1) is 0 Å². The van der Waals surface area contributed by atoms with Crippen LogP contribution in [0.25, 0.3) is 0 Å². The molecule has 4 atom stereocenters. The van der Waals surface area contributed by atoms with E-state index in [9.17, 15) is 9.90 Å². The highest BCUT2D eigenvalue weighted by molar-refractivity contribution is 5.45. The Morgan fingerprint density at radius 3 is 2.85 bits per heavy atom. The standard InChI is InChI=1S/C8H15NO4/c1-5-8(12)6(3-10)7(13-5)2-9-4-11/h4-8,10,12H,2-3H2,1H3,(H,9,11)/t5?,6?,7-,8?/m1/s1. The van der Waals surface area contributed by atoms with E-state index in [4.69, 9.17) is 9.84 Å². The predicted molar refractivity (Wildman–Crippen MR) is 45.0 cm³/mol. The molecule has 0 aliphatic carbocycles. The van der Waals surface area contributed by atoms with Gasteiger partial charge in [0.2, 0.25) is 6.41 Å². The Bertz CT molecular complexity index is 176. The lowest BCUT2D eigenvalue weighted by atomic mass is 9.97. The minimum absolute atomic E-state index is 0.128. The molecule has 0 saturated carbocycles. The largest absolute Gasteiger partial charge is 0.396 e. The number of hydrogen-bond donors (Lipinski definition) is 3. The lowest BCUT2D eigenvalue weighted by Gasteiger charge is -2.16. The fourth-order valence-corrected chi connectivity index (χ4v) is 1.61. The first-order valence-electron chi connectivity index (χ1n) is 4.32. The van der Waals surface area contributed by atoms with Crippen molar-refractivity contribution >= 4 is 6.41 Å². The van der Waals surface area contributed by atoms with Crippen LogP contribution in [0, 0.1) is 5.92 Å². The Kier molecular flexibility index (Phi) is 3.65. The van der Waals surface area contributed by atoms with Gasteiger partial charge in [0.25, 0.3) is 0 Å². The molecule has 13 heavy (non-hydrogen) atoms. The van der Waals surface area contributed by atoms with Crippen LogP contribution in [-0.2, 0) is 9.53 Å². The molecule has 0 spiro atoms. The first kappa shape index (κ1) is 10.4. The number of rotatable bonds is 4. The number of ether oxygens (including phenoxy) is 1. The second-order valence-corrected chi connectivity index (χ2v) is 3.24. The molecule has 1 rings (SSSR count). The van der Waals surface area contributed by atoms with Gasteiger partial charge in [0.1, 0.15) is 0 Å². The Hall–Kier alpha value is -0.650. The maximum Gasteiger partial charge on any atom is 0.207 e. The van der Waals surface area contributed by atoms with E-state index >= 15 is 0 Å². The van der Waals surface area contributed by atoms with E-state index in [2.05, 4.69) is 5.32 Å². The van der Waals surface area contributed by atoms with Crippen LogP contribution in [0.5, 0.6) is 0 Å². The van der Waals surface area contributed by atoms with Crippen molar-refractivity contribution in [2.75, 3.05) is 13.2 Å². The lowest BCUT2D eigenvalue weighted by Crippen LogP contribution is -2.35. The van der Waals surface area contributed by atoms with Gasteiger partial charge in [-0.1, -0.05) is 0 Å². The molecule has 5 nitrogen and oxygen atoms in total. The Balaban J connectivity index is 2.49. The zero-order valence-corrected chi connectivity index (χ0v) is 7.51.